The maximum absolute atomic E-state index is 8.47. The Bertz CT molecular complexity index is 413. The summed E-state index contributed by atoms with van der Waals surface area (Å²) in [6.07, 6.45) is 1.31. The van der Waals surface area contributed by atoms with Crippen LogP contribution in [0.1, 0.15) is 24.0 Å². The standard InChI is InChI=1S/C13H17BrN2O/c1-10-7-12(14)8-11(9-16-2)13(10)17-6-4-3-5-15/h7-8,16H,3-4,6,9H2,1-2H3. The third-order valence-electron chi connectivity index (χ3n) is 2.36. The lowest BCUT2D eigenvalue weighted by atomic mass is 10.1. The van der Waals surface area contributed by atoms with Crippen molar-refractivity contribution < 1.29 is 4.74 Å². The molecule has 1 rings (SSSR count). The van der Waals surface area contributed by atoms with Crippen LogP contribution in [0, 0.1) is 18.3 Å². The van der Waals surface area contributed by atoms with E-state index in [2.05, 4.69) is 33.4 Å². The number of aryl methyl sites for hydroxylation is 1. The average Bonchev–Trinajstić information content (AvgIpc) is 2.27. The summed E-state index contributed by atoms with van der Waals surface area (Å²) in [5.74, 6) is 0.931. The Hall–Kier alpha value is -1.05. The van der Waals surface area contributed by atoms with Crippen LogP contribution in [0.15, 0.2) is 16.6 Å². The minimum absolute atomic E-state index is 0.539. The van der Waals surface area contributed by atoms with E-state index in [0.29, 0.717) is 13.0 Å². The van der Waals surface area contributed by atoms with Gasteiger partial charge in [0.15, 0.2) is 0 Å². The number of halogens is 1. The topological polar surface area (TPSA) is 45.0 Å². The van der Waals surface area contributed by atoms with Crippen LogP contribution in [0.25, 0.3) is 0 Å². The van der Waals surface area contributed by atoms with Gasteiger partial charge >= 0.3 is 0 Å². The van der Waals surface area contributed by atoms with Crippen molar-refractivity contribution in [3.63, 3.8) is 0 Å². The second-order valence-electron chi connectivity index (χ2n) is 3.85. The Morgan fingerprint density at radius 1 is 1.47 bits per heavy atom. The minimum atomic E-state index is 0.539. The van der Waals surface area contributed by atoms with E-state index in [4.69, 9.17) is 10.00 Å². The highest BCUT2D eigenvalue weighted by atomic mass is 79.9. The second kappa shape index (κ2) is 7.31. The van der Waals surface area contributed by atoms with Crippen molar-refractivity contribution in [2.75, 3.05) is 13.7 Å². The normalized spacial score (nSPS) is 10.0. The molecule has 4 heteroatoms. The molecule has 0 aliphatic rings. The molecule has 0 atom stereocenters. The van der Waals surface area contributed by atoms with Gasteiger partial charge in [0.2, 0.25) is 0 Å². The molecule has 0 amide bonds. The molecule has 17 heavy (non-hydrogen) atoms. The predicted molar refractivity (Wildman–Crippen MR) is 72.0 cm³/mol. The lowest BCUT2D eigenvalue weighted by Gasteiger charge is -2.14. The van der Waals surface area contributed by atoms with E-state index in [0.717, 1.165) is 34.3 Å². The molecule has 0 unspecified atom stereocenters. The van der Waals surface area contributed by atoms with Crippen molar-refractivity contribution in [3.05, 3.63) is 27.7 Å². The number of hydrogen-bond acceptors (Lipinski definition) is 3. The zero-order valence-electron chi connectivity index (χ0n) is 10.2. The fraction of sp³-hybridized carbons (Fsp3) is 0.462. The van der Waals surface area contributed by atoms with Crippen molar-refractivity contribution in [3.8, 4) is 11.8 Å². The number of ether oxygens (including phenoxy) is 1. The van der Waals surface area contributed by atoms with Crippen LogP contribution in [-0.4, -0.2) is 13.7 Å². The quantitative estimate of drug-likeness (QED) is 0.820. The third kappa shape index (κ3) is 4.37. The van der Waals surface area contributed by atoms with Crippen LogP contribution in [0.2, 0.25) is 0 Å². The molecule has 3 nitrogen and oxygen atoms in total. The fourth-order valence-electron chi connectivity index (χ4n) is 1.65. The molecule has 0 aliphatic heterocycles. The number of nitrogens with zero attached hydrogens (tertiary/aromatic N) is 1. The first-order chi connectivity index (χ1) is 8.19. The van der Waals surface area contributed by atoms with Gasteiger partial charge in [-0.05, 0) is 38.1 Å². The summed E-state index contributed by atoms with van der Waals surface area (Å²) in [6.45, 7) is 3.39. The van der Waals surface area contributed by atoms with Gasteiger partial charge in [-0.15, -0.1) is 0 Å². The number of benzene rings is 1. The van der Waals surface area contributed by atoms with Gasteiger partial charge in [0.25, 0.3) is 0 Å². The molecular weight excluding hydrogens is 280 g/mol. The Balaban J connectivity index is 2.77. The summed E-state index contributed by atoms with van der Waals surface area (Å²) >= 11 is 3.48. The van der Waals surface area contributed by atoms with Crippen LogP contribution < -0.4 is 10.1 Å². The van der Waals surface area contributed by atoms with E-state index in [1.54, 1.807) is 0 Å². The number of nitrogens with one attached hydrogen (secondary N) is 1. The smallest absolute Gasteiger partial charge is 0.126 e. The van der Waals surface area contributed by atoms with Gasteiger partial charge in [-0.3, -0.25) is 0 Å². The molecule has 0 spiro atoms. The number of nitriles is 1. The zero-order valence-corrected chi connectivity index (χ0v) is 11.8. The highest BCUT2D eigenvalue weighted by Gasteiger charge is 2.08. The Morgan fingerprint density at radius 3 is 2.88 bits per heavy atom. The Labute approximate surface area is 111 Å². The number of unbranched alkanes of at least 4 members (excludes halogenated alkanes) is 1. The van der Waals surface area contributed by atoms with E-state index < -0.39 is 0 Å². The molecule has 0 aliphatic carbocycles. The molecule has 0 aromatic heterocycles. The predicted octanol–water partition coefficient (Wildman–Crippen LogP) is 3.16. The average molecular weight is 297 g/mol. The lowest BCUT2D eigenvalue weighted by molar-refractivity contribution is 0.307. The first-order valence-electron chi connectivity index (χ1n) is 5.62. The first kappa shape index (κ1) is 14.0. The van der Waals surface area contributed by atoms with Gasteiger partial charge < -0.3 is 10.1 Å². The Morgan fingerprint density at radius 2 is 2.24 bits per heavy atom. The van der Waals surface area contributed by atoms with Gasteiger partial charge in [-0.1, -0.05) is 15.9 Å². The van der Waals surface area contributed by atoms with Crippen molar-refractivity contribution in [1.29, 1.82) is 5.26 Å². The minimum Gasteiger partial charge on any atom is -0.493 e. The van der Waals surface area contributed by atoms with Crippen molar-refractivity contribution in [1.82, 2.24) is 5.32 Å². The molecule has 1 N–H and O–H groups in total. The fourth-order valence-corrected chi connectivity index (χ4v) is 2.27. The Kier molecular flexibility index (Phi) is 6.03. The van der Waals surface area contributed by atoms with Crippen LogP contribution in [-0.2, 0) is 6.54 Å². The lowest BCUT2D eigenvalue weighted by Crippen LogP contribution is -2.09. The molecule has 0 bridgehead atoms. The highest BCUT2D eigenvalue weighted by Crippen LogP contribution is 2.28. The van der Waals surface area contributed by atoms with Crippen LogP contribution in [0.5, 0.6) is 5.75 Å². The molecule has 92 valence electrons. The van der Waals surface area contributed by atoms with Gasteiger partial charge in [-0.25, -0.2) is 0 Å². The maximum Gasteiger partial charge on any atom is 0.126 e. The zero-order chi connectivity index (χ0) is 12.7. The summed E-state index contributed by atoms with van der Waals surface area (Å²) in [6, 6.07) is 6.22. The third-order valence-corrected chi connectivity index (χ3v) is 2.82. The van der Waals surface area contributed by atoms with Gasteiger partial charge in [0, 0.05) is 23.0 Å². The summed E-state index contributed by atoms with van der Waals surface area (Å²) in [4.78, 5) is 0. The summed E-state index contributed by atoms with van der Waals surface area (Å²) in [7, 11) is 1.91. The first-order valence-corrected chi connectivity index (χ1v) is 6.41. The second-order valence-corrected chi connectivity index (χ2v) is 4.77. The molecule has 1 aromatic rings. The van der Waals surface area contributed by atoms with Gasteiger partial charge in [0.1, 0.15) is 5.75 Å². The van der Waals surface area contributed by atoms with E-state index in [9.17, 15) is 0 Å². The number of rotatable bonds is 6. The van der Waals surface area contributed by atoms with E-state index >= 15 is 0 Å². The van der Waals surface area contributed by atoms with E-state index in [1.807, 2.05) is 20.0 Å². The molecule has 0 heterocycles. The van der Waals surface area contributed by atoms with Gasteiger partial charge in [0.05, 0.1) is 12.7 Å². The highest BCUT2D eigenvalue weighted by molar-refractivity contribution is 9.10. The molecule has 0 saturated carbocycles. The molecular formula is C13H17BrN2O. The summed E-state index contributed by atoms with van der Waals surface area (Å²) < 4.78 is 6.83. The van der Waals surface area contributed by atoms with Crippen molar-refractivity contribution >= 4 is 15.9 Å². The van der Waals surface area contributed by atoms with E-state index in [1.165, 1.54) is 0 Å². The van der Waals surface area contributed by atoms with Crippen LogP contribution >= 0.6 is 15.9 Å². The summed E-state index contributed by atoms with van der Waals surface area (Å²) in [5.41, 5.74) is 2.25. The molecule has 1 aromatic carbocycles. The van der Waals surface area contributed by atoms with Gasteiger partial charge in [-0.2, -0.15) is 5.26 Å². The maximum atomic E-state index is 8.47. The van der Waals surface area contributed by atoms with Crippen molar-refractivity contribution in [2.45, 2.75) is 26.3 Å². The summed E-state index contributed by atoms with van der Waals surface area (Å²) in [5, 5.41) is 11.6. The van der Waals surface area contributed by atoms with E-state index in [-0.39, 0.29) is 0 Å². The SMILES string of the molecule is CNCc1cc(Br)cc(C)c1OCCCC#N. The number of hydrogen-bond donors (Lipinski definition) is 1. The monoisotopic (exact) mass is 296 g/mol. The largest absolute Gasteiger partial charge is 0.493 e. The van der Waals surface area contributed by atoms with Crippen molar-refractivity contribution in [2.24, 2.45) is 0 Å². The molecule has 0 saturated heterocycles. The molecule has 0 fully saturated rings. The van der Waals surface area contributed by atoms with Crippen LogP contribution in [0.4, 0.5) is 0 Å². The van der Waals surface area contributed by atoms with Crippen LogP contribution in [0.3, 0.4) is 0 Å². The molecule has 0 radical (unpaired) electrons.